The zero-order valence-corrected chi connectivity index (χ0v) is 34.9. The number of nitrogens with zero attached hydrogens (tertiary/aromatic N) is 2. The predicted molar refractivity (Wildman–Crippen MR) is 263 cm³/mol. The van der Waals surface area contributed by atoms with Crippen LogP contribution in [0.4, 0.5) is 28.4 Å². The zero-order chi connectivity index (χ0) is 41.8. The largest absolute Gasteiger partial charge is 0.454 e. The van der Waals surface area contributed by atoms with Crippen molar-refractivity contribution in [2.75, 3.05) is 10.2 Å². The van der Waals surface area contributed by atoms with Crippen molar-refractivity contribution in [1.29, 1.82) is 0 Å². The van der Waals surface area contributed by atoms with Gasteiger partial charge in [0, 0.05) is 66.7 Å². The van der Waals surface area contributed by atoms with Crippen LogP contribution in [0.1, 0.15) is 25.0 Å². The van der Waals surface area contributed by atoms with Crippen molar-refractivity contribution >= 4 is 71.8 Å². The zero-order valence-electron chi connectivity index (χ0n) is 34.9. The molecule has 13 rings (SSSR count). The van der Waals surface area contributed by atoms with Crippen molar-refractivity contribution in [3.05, 3.63) is 217 Å². The minimum atomic E-state index is -0.276. The molecular weight excluding hydrogens is 767 g/mol. The molecule has 298 valence electrons. The van der Waals surface area contributed by atoms with E-state index in [0.717, 1.165) is 73.1 Å². The Morgan fingerprint density at radius 1 is 0.460 bits per heavy atom. The molecule has 4 nitrogen and oxygen atoms in total. The molecule has 1 N–H and O–H groups in total. The molecule has 0 unspecified atom stereocenters. The van der Waals surface area contributed by atoms with Crippen molar-refractivity contribution in [1.82, 2.24) is 4.57 Å². The molecule has 0 atom stereocenters. The summed E-state index contributed by atoms with van der Waals surface area (Å²) in [5.74, 6) is 1.83. The Balaban J connectivity index is 0.999. The number of aromatic nitrogens is 1. The second-order valence-corrected chi connectivity index (χ2v) is 17.4. The van der Waals surface area contributed by atoms with E-state index < -0.39 is 0 Å². The van der Waals surface area contributed by atoms with Gasteiger partial charge in [0.2, 0.25) is 0 Å². The van der Waals surface area contributed by atoms with Crippen molar-refractivity contribution in [2.45, 2.75) is 19.3 Å². The first-order chi connectivity index (χ1) is 31.0. The fourth-order valence-electron chi connectivity index (χ4n) is 10.5. The number of anilines is 5. The van der Waals surface area contributed by atoms with Gasteiger partial charge in [-0.3, -0.25) is 0 Å². The van der Waals surface area contributed by atoms with E-state index in [1.165, 1.54) is 49.3 Å². The van der Waals surface area contributed by atoms with Crippen molar-refractivity contribution < 1.29 is 4.74 Å². The number of rotatable bonds is 5. The van der Waals surface area contributed by atoms with Crippen LogP contribution >= 0.6 is 0 Å². The molecule has 0 spiro atoms. The van der Waals surface area contributed by atoms with Gasteiger partial charge in [-0.1, -0.05) is 153 Å². The summed E-state index contributed by atoms with van der Waals surface area (Å²) in [6.45, 7) is 4.64. The summed E-state index contributed by atoms with van der Waals surface area (Å²) >= 11 is 0. The quantitative estimate of drug-likeness (QED) is 0.188. The summed E-state index contributed by atoms with van der Waals surface area (Å²) in [5, 5.41) is 11.0. The first kappa shape index (κ1) is 35.7. The van der Waals surface area contributed by atoms with Crippen molar-refractivity contribution in [3.8, 4) is 39.4 Å². The van der Waals surface area contributed by atoms with E-state index in [1.54, 1.807) is 0 Å². The summed E-state index contributed by atoms with van der Waals surface area (Å²) < 4.78 is 9.55. The smallest absolute Gasteiger partial charge is 0.154 e. The summed E-state index contributed by atoms with van der Waals surface area (Å²) in [7, 11) is 0. The highest BCUT2D eigenvalue weighted by Gasteiger charge is 2.38. The lowest BCUT2D eigenvalue weighted by Gasteiger charge is -2.36. The third-order valence-corrected chi connectivity index (χ3v) is 13.5. The van der Waals surface area contributed by atoms with Crippen LogP contribution in [-0.4, -0.2) is 4.57 Å². The topological polar surface area (TPSA) is 29.4 Å². The first-order valence-electron chi connectivity index (χ1n) is 21.8. The monoisotopic (exact) mass is 807 g/mol. The highest BCUT2D eigenvalue weighted by Crippen LogP contribution is 2.57. The van der Waals surface area contributed by atoms with Gasteiger partial charge < -0.3 is 19.5 Å². The Bertz CT molecular complexity index is 3640. The van der Waals surface area contributed by atoms with E-state index in [0.29, 0.717) is 0 Å². The van der Waals surface area contributed by atoms with Gasteiger partial charge in [0.25, 0.3) is 0 Å². The molecule has 2 bridgehead atoms. The molecule has 0 saturated heterocycles. The molecule has 0 saturated carbocycles. The number of nitrogens with one attached hydrogen (secondary N) is 1. The van der Waals surface area contributed by atoms with Crippen LogP contribution in [0.3, 0.4) is 0 Å². The number of ether oxygens (including phenoxy) is 1. The minimum Gasteiger partial charge on any atom is -0.454 e. The number of benzene rings is 10. The van der Waals surface area contributed by atoms with Crippen LogP contribution in [-0.2, 0) is 5.41 Å². The third kappa shape index (κ3) is 5.28. The Kier molecular flexibility index (Phi) is 7.62. The Morgan fingerprint density at radius 2 is 1.13 bits per heavy atom. The first-order valence-corrected chi connectivity index (χ1v) is 21.8. The highest BCUT2D eigenvalue weighted by molar-refractivity contribution is 6.16. The lowest BCUT2D eigenvalue weighted by Crippen LogP contribution is -2.24. The fourth-order valence-corrected chi connectivity index (χ4v) is 10.5. The average Bonchev–Trinajstić information content (AvgIpc) is 3.68. The Hall–Kier alpha value is -8.08. The van der Waals surface area contributed by atoms with Crippen LogP contribution in [0.5, 0.6) is 11.5 Å². The standard InChI is InChI=1S/C59H41N3O/c1-59(2)49-21-13-22-52-57(49)63-58-50(59)34-33-47-43(31-32-48(56(47)58)55-44-19-10-9-14-37(44)26-35-51(55)60-52)38-24-27-41(28-25-38)61(39-15-5-3-6-16-39)42-29-30-46-45-20-11-12-23-53(45)62(54(46)36-42)40-17-7-4-8-18-40/h3-36,60H,1-2H3. The second-order valence-electron chi connectivity index (χ2n) is 17.4. The number of para-hydroxylation sites is 4. The molecule has 0 radical (unpaired) electrons. The molecule has 3 heterocycles. The van der Waals surface area contributed by atoms with Crippen LogP contribution < -0.4 is 15.0 Å². The molecule has 0 aliphatic carbocycles. The highest BCUT2D eigenvalue weighted by atomic mass is 16.5. The molecule has 2 aliphatic rings. The molecular formula is C59H41N3O. The van der Waals surface area contributed by atoms with Crippen LogP contribution in [0.15, 0.2) is 206 Å². The second kappa shape index (κ2) is 13.5. The lowest BCUT2D eigenvalue weighted by atomic mass is 9.74. The SMILES string of the molecule is CC1(C)c2cccc3c2Oc2c1ccc1c(-c4ccc(N(c5ccccc5)c5ccc6c7ccccc7n(-c7ccccc7)c6c5)cc4)ccc(c21)-c1c(ccc2ccccc12)N3. The normalized spacial score (nSPS) is 13.3. The van der Waals surface area contributed by atoms with Gasteiger partial charge in [0.05, 0.1) is 16.7 Å². The summed E-state index contributed by atoms with van der Waals surface area (Å²) in [4.78, 5) is 2.36. The maximum atomic E-state index is 7.17. The molecule has 2 aliphatic heterocycles. The van der Waals surface area contributed by atoms with E-state index in [1.807, 2.05) is 0 Å². The molecule has 10 aromatic carbocycles. The summed E-state index contributed by atoms with van der Waals surface area (Å²) in [5.41, 5.74) is 15.6. The Morgan fingerprint density at radius 3 is 1.97 bits per heavy atom. The predicted octanol–water partition coefficient (Wildman–Crippen LogP) is 16.4. The maximum absolute atomic E-state index is 7.17. The minimum absolute atomic E-state index is 0.276. The van der Waals surface area contributed by atoms with Gasteiger partial charge in [-0.25, -0.2) is 0 Å². The molecule has 1 aromatic heterocycles. The summed E-state index contributed by atoms with van der Waals surface area (Å²) in [6.07, 6.45) is 0. The van der Waals surface area contributed by atoms with E-state index >= 15 is 0 Å². The van der Waals surface area contributed by atoms with Gasteiger partial charge in [-0.2, -0.15) is 0 Å². The van der Waals surface area contributed by atoms with E-state index in [-0.39, 0.29) is 5.41 Å². The summed E-state index contributed by atoms with van der Waals surface area (Å²) in [6, 6.07) is 74.9. The van der Waals surface area contributed by atoms with Gasteiger partial charge in [0.15, 0.2) is 5.75 Å². The molecule has 4 heteroatoms. The number of hydrogen-bond donors (Lipinski definition) is 1. The number of hydrogen-bond acceptors (Lipinski definition) is 3. The van der Waals surface area contributed by atoms with Crippen LogP contribution in [0.2, 0.25) is 0 Å². The van der Waals surface area contributed by atoms with Gasteiger partial charge >= 0.3 is 0 Å². The maximum Gasteiger partial charge on any atom is 0.154 e. The molecule has 63 heavy (non-hydrogen) atoms. The van der Waals surface area contributed by atoms with Gasteiger partial charge in [-0.05, 0) is 99.6 Å². The van der Waals surface area contributed by atoms with Crippen molar-refractivity contribution in [3.63, 3.8) is 0 Å². The average molecular weight is 808 g/mol. The van der Waals surface area contributed by atoms with Crippen molar-refractivity contribution in [2.24, 2.45) is 0 Å². The van der Waals surface area contributed by atoms with Crippen LogP contribution in [0, 0.1) is 0 Å². The van der Waals surface area contributed by atoms with E-state index in [2.05, 4.69) is 235 Å². The molecule has 0 fully saturated rings. The fraction of sp³-hybridized carbons (Fsp3) is 0.0508. The molecule has 11 aromatic rings. The van der Waals surface area contributed by atoms with Crippen LogP contribution in [0.25, 0.3) is 71.3 Å². The lowest BCUT2D eigenvalue weighted by molar-refractivity contribution is 0.425. The van der Waals surface area contributed by atoms with Gasteiger partial charge in [0.1, 0.15) is 5.75 Å². The molecule has 0 amide bonds. The number of fused-ring (bicyclic) bond motifs is 7. The van der Waals surface area contributed by atoms with E-state index in [4.69, 9.17) is 4.74 Å². The van der Waals surface area contributed by atoms with E-state index in [9.17, 15) is 0 Å². The van der Waals surface area contributed by atoms with Gasteiger partial charge in [-0.15, -0.1) is 0 Å². The Labute approximate surface area is 365 Å². The third-order valence-electron chi connectivity index (χ3n) is 13.5.